The zero-order valence-corrected chi connectivity index (χ0v) is 17.8. The molecule has 2 amide bonds. The van der Waals surface area contributed by atoms with Crippen LogP contribution in [0.5, 0.6) is 0 Å². The molecule has 1 heterocycles. The molecular weight excluding hydrogens is 413 g/mol. The molecule has 1 N–H and O–H groups in total. The van der Waals surface area contributed by atoms with Crippen LogP contribution in [-0.2, 0) is 9.59 Å². The van der Waals surface area contributed by atoms with Crippen molar-refractivity contribution in [1.82, 2.24) is 5.32 Å². The van der Waals surface area contributed by atoms with Gasteiger partial charge in [0.05, 0.1) is 0 Å². The van der Waals surface area contributed by atoms with Gasteiger partial charge in [0.15, 0.2) is 6.04 Å². The molecule has 162 valence electrons. The molecule has 0 unspecified atom stereocenters. The third-order valence-corrected chi connectivity index (χ3v) is 6.49. The minimum atomic E-state index is -5.11. The number of carbonyl (C=O) groups excluding carboxylic acids is 2. The summed E-state index contributed by atoms with van der Waals surface area (Å²) in [6.07, 6.45) is -0.508. The third kappa shape index (κ3) is 4.86. The molecule has 0 bridgehead atoms. The second-order valence-electron chi connectivity index (χ2n) is 7.65. The molecule has 8 heteroatoms. The van der Waals surface area contributed by atoms with Crippen molar-refractivity contribution in [2.24, 2.45) is 0 Å². The number of nitrogens with zero attached hydrogens (tertiary/aromatic N) is 1. The molecule has 2 aromatic rings. The van der Waals surface area contributed by atoms with Crippen molar-refractivity contribution in [3.8, 4) is 0 Å². The number of hydrogen-bond acceptors (Lipinski definition) is 3. The Morgan fingerprint density at radius 2 is 1.80 bits per heavy atom. The number of alkyl halides is 3. The largest absolute Gasteiger partial charge is 0.471 e. The van der Waals surface area contributed by atoms with E-state index >= 15 is 0 Å². The summed E-state index contributed by atoms with van der Waals surface area (Å²) in [4.78, 5) is 26.9. The summed E-state index contributed by atoms with van der Waals surface area (Å²) in [5, 5.41) is 4.59. The van der Waals surface area contributed by atoms with Crippen LogP contribution in [0.15, 0.2) is 35.7 Å². The topological polar surface area (TPSA) is 49.4 Å². The van der Waals surface area contributed by atoms with Crippen LogP contribution in [-0.4, -0.2) is 24.0 Å². The van der Waals surface area contributed by atoms with Crippen molar-refractivity contribution in [2.75, 3.05) is 4.90 Å². The van der Waals surface area contributed by atoms with E-state index < -0.39 is 24.0 Å². The number of halogens is 3. The SMILES string of the molecule is Cc1cccc(N(C(=O)C(F)(F)F)[C@H](C(=O)NC2CCCCC2)c2cccs2)c1C. The van der Waals surface area contributed by atoms with Crippen LogP contribution in [0, 0.1) is 13.8 Å². The molecule has 1 saturated carbocycles. The van der Waals surface area contributed by atoms with E-state index in [1.165, 1.54) is 6.07 Å². The highest BCUT2D eigenvalue weighted by atomic mass is 32.1. The lowest BCUT2D eigenvalue weighted by atomic mass is 9.95. The van der Waals surface area contributed by atoms with E-state index in [0.29, 0.717) is 15.3 Å². The van der Waals surface area contributed by atoms with Gasteiger partial charge in [0.25, 0.3) is 0 Å². The van der Waals surface area contributed by atoms with Crippen LogP contribution in [0.2, 0.25) is 0 Å². The van der Waals surface area contributed by atoms with Gasteiger partial charge >= 0.3 is 12.1 Å². The fraction of sp³-hybridized carbons (Fsp3) is 0.455. The minimum absolute atomic E-state index is 0.0878. The van der Waals surface area contributed by atoms with Gasteiger partial charge in [0, 0.05) is 16.6 Å². The Morgan fingerprint density at radius 3 is 2.40 bits per heavy atom. The predicted octanol–water partition coefficient (Wildman–Crippen LogP) is 5.45. The summed E-state index contributed by atoms with van der Waals surface area (Å²) >= 11 is 1.16. The molecule has 1 atom stereocenters. The molecule has 0 spiro atoms. The van der Waals surface area contributed by atoms with E-state index in [9.17, 15) is 22.8 Å². The highest BCUT2D eigenvalue weighted by molar-refractivity contribution is 7.10. The van der Waals surface area contributed by atoms with E-state index in [4.69, 9.17) is 0 Å². The Hall–Kier alpha value is -2.35. The van der Waals surface area contributed by atoms with Gasteiger partial charge in [-0.2, -0.15) is 13.2 Å². The van der Waals surface area contributed by atoms with Gasteiger partial charge in [-0.15, -0.1) is 11.3 Å². The van der Waals surface area contributed by atoms with Crippen molar-refractivity contribution < 1.29 is 22.8 Å². The first kappa shape index (κ1) is 22.3. The number of anilines is 1. The summed E-state index contributed by atoms with van der Waals surface area (Å²) < 4.78 is 40.9. The highest BCUT2D eigenvalue weighted by Gasteiger charge is 2.48. The zero-order valence-electron chi connectivity index (χ0n) is 17.0. The Kier molecular flexibility index (Phi) is 6.85. The van der Waals surface area contributed by atoms with Crippen LogP contribution in [0.25, 0.3) is 0 Å². The number of nitrogens with one attached hydrogen (secondary N) is 1. The quantitative estimate of drug-likeness (QED) is 0.675. The van der Waals surface area contributed by atoms with Crippen LogP contribution < -0.4 is 10.2 Å². The molecule has 1 aliphatic rings. The normalized spacial score (nSPS) is 16.2. The molecule has 0 aliphatic heterocycles. The molecule has 1 fully saturated rings. The maximum absolute atomic E-state index is 13.6. The monoisotopic (exact) mass is 438 g/mol. The first-order valence-corrected chi connectivity index (χ1v) is 10.9. The van der Waals surface area contributed by atoms with Crippen LogP contribution in [0.4, 0.5) is 18.9 Å². The van der Waals surface area contributed by atoms with E-state index in [1.807, 2.05) is 0 Å². The average molecular weight is 439 g/mol. The Morgan fingerprint density at radius 1 is 1.10 bits per heavy atom. The van der Waals surface area contributed by atoms with Crippen molar-refractivity contribution in [3.05, 3.63) is 51.7 Å². The molecule has 0 saturated heterocycles. The third-order valence-electron chi connectivity index (χ3n) is 5.57. The van der Waals surface area contributed by atoms with Crippen molar-refractivity contribution in [3.63, 3.8) is 0 Å². The van der Waals surface area contributed by atoms with Crippen LogP contribution in [0.3, 0.4) is 0 Å². The van der Waals surface area contributed by atoms with Gasteiger partial charge in [-0.25, -0.2) is 0 Å². The number of thiophene rings is 1. The van der Waals surface area contributed by atoms with Crippen molar-refractivity contribution in [1.29, 1.82) is 0 Å². The lowest BCUT2D eigenvalue weighted by Gasteiger charge is -2.34. The fourth-order valence-corrected chi connectivity index (χ4v) is 4.66. The predicted molar refractivity (Wildman–Crippen MR) is 112 cm³/mol. The Balaban J connectivity index is 2.08. The summed E-state index contributed by atoms with van der Waals surface area (Å²) in [6.45, 7) is 3.42. The smallest absolute Gasteiger partial charge is 0.351 e. The molecule has 30 heavy (non-hydrogen) atoms. The summed E-state index contributed by atoms with van der Waals surface area (Å²) in [5.41, 5.74) is 1.36. The molecule has 3 rings (SSSR count). The number of hydrogen-bond donors (Lipinski definition) is 1. The number of benzene rings is 1. The van der Waals surface area contributed by atoms with Gasteiger partial charge < -0.3 is 5.32 Å². The molecule has 0 radical (unpaired) electrons. The van der Waals surface area contributed by atoms with Gasteiger partial charge in [-0.1, -0.05) is 37.5 Å². The standard InChI is InChI=1S/C22H25F3N2O2S/c1-14-8-6-11-17(15(14)2)27(21(29)22(23,24)25)19(18-12-7-13-30-18)20(28)26-16-9-4-3-5-10-16/h6-8,11-13,16,19H,3-5,9-10H2,1-2H3,(H,26,28)/t19-/m0/s1. The van der Waals surface area contributed by atoms with Crippen LogP contribution in [0.1, 0.15) is 54.1 Å². The second kappa shape index (κ2) is 9.20. The Labute approximate surface area is 178 Å². The summed E-state index contributed by atoms with van der Waals surface area (Å²) in [6, 6.07) is 6.60. The summed E-state index contributed by atoms with van der Waals surface area (Å²) in [5.74, 6) is -2.63. The lowest BCUT2D eigenvalue weighted by Crippen LogP contribution is -2.50. The van der Waals surface area contributed by atoms with Crippen LogP contribution >= 0.6 is 11.3 Å². The maximum Gasteiger partial charge on any atom is 0.471 e. The minimum Gasteiger partial charge on any atom is -0.351 e. The number of aryl methyl sites for hydroxylation is 1. The molecule has 4 nitrogen and oxygen atoms in total. The fourth-order valence-electron chi connectivity index (χ4n) is 3.85. The van der Waals surface area contributed by atoms with Crippen molar-refractivity contribution in [2.45, 2.75) is 64.2 Å². The first-order valence-electron chi connectivity index (χ1n) is 10.0. The zero-order chi connectivity index (χ0) is 21.9. The van der Waals surface area contributed by atoms with E-state index in [-0.39, 0.29) is 11.7 Å². The number of rotatable bonds is 5. The van der Waals surface area contributed by atoms with Crippen molar-refractivity contribution >= 4 is 28.8 Å². The lowest BCUT2D eigenvalue weighted by molar-refractivity contribution is -0.171. The molecule has 1 aromatic carbocycles. The van der Waals surface area contributed by atoms with Gasteiger partial charge in [0.2, 0.25) is 5.91 Å². The van der Waals surface area contributed by atoms with E-state index in [1.54, 1.807) is 43.5 Å². The molecule has 1 aliphatic carbocycles. The van der Waals surface area contributed by atoms with E-state index in [2.05, 4.69) is 5.32 Å². The maximum atomic E-state index is 13.6. The second-order valence-corrected chi connectivity index (χ2v) is 8.63. The van der Waals surface area contributed by atoms with Gasteiger partial charge in [0.1, 0.15) is 0 Å². The Bertz CT molecular complexity index is 890. The van der Waals surface area contributed by atoms with Gasteiger partial charge in [-0.3, -0.25) is 14.5 Å². The molecular formula is C22H25F3N2O2S. The average Bonchev–Trinajstić information content (AvgIpc) is 3.22. The summed E-state index contributed by atoms with van der Waals surface area (Å²) in [7, 11) is 0. The van der Waals surface area contributed by atoms with Gasteiger partial charge in [-0.05, 0) is 55.3 Å². The molecule has 1 aromatic heterocycles. The number of amides is 2. The first-order chi connectivity index (χ1) is 14.2. The number of carbonyl (C=O) groups is 2. The van der Waals surface area contributed by atoms with E-state index in [0.717, 1.165) is 49.0 Å². The highest BCUT2D eigenvalue weighted by Crippen LogP contribution is 2.37.